The third-order valence-corrected chi connectivity index (χ3v) is 2.36. The summed E-state index contributed by atoms with van der Waals surface area (Å²) in [5, 5.41) is 0. The Labute approximate surface area is 66.8 Å². The number of aryl methyl sites for hydroxylation is 1. The molecule has 0 aliphatic heterocycles. The van der Waals surface area contributed by atoms with Gasteiger partial charge in [-0.1, -0.05) is 12.2 Å². The van der Waals surface area contributed by atoms with Gasteiger partial charge in [-0.3, -0.25) is 4.98 Å². The minimum absolute atomic E-state index is 1.09. The van der Waals surface area contributed by atoms with Gasteiger partial charge in [-0.15, -0.1) is 0 Å². The van der Waals surface area contributed by atoms with Gasteiger partial charge < -0.3 is 0 Å². The van der Waals surface area contributed by atoms with Crippen molar-refractivity contribution in [2.45, 2.75) is 20.3 Å². The molecule has 0 saturated carbocycles. The van der Waals surface area contributed by atoms with Crippen LogP contribution in [-0.2, 0) is 6.42 Å². The van der Waals surface area contributed by atoms with E-state index in [2.05, 4.69) is 31.0 Å². The van der Waals surface area contributed by atoms with Gasteiger partial charge in [-0.25, -0.2) is 0 Å². The lowest BCUT2D eigenvalue weighted by molar-refractivity contribution is 1.10. The molecule has 56 valence electrons. The van der Waals surface area contributed by atoms with E-state index in [0.717, 1.165) is 12.1 Å². The minimum Gasteiger partial charge on any atom is -0.261 e. The highest BCUT2D eigenvalue weighted by Crippen LogP contribution is 2.22. The average Bonchev–Trinajstić information content (AvgIpc) is 2.45. The van der Waals surface area contributed by atoms with Crippen LogP contribution in [0.15, 0.2) is 12.3 Å². The van der Waals surface area contributed by atoms with E-state index in [0.29, 0.717) is 0 Å². The number of hydrogen-bond donors (Lipinski definition) is 0. The second-order valence-corrected chi connectivity index (χ2v) is 3.01. The highest BCUT2D eigenvalue weighted by atomic mass is 14.7. The average molecular weight is 145 g/mol. The number of rotatable bonds is 0. The SMILES string of the molecule is Cc1ncc2c(c1C)CC=C2. The number of nitrogens with zero attached hydrogens (tertiary/aromatic N) is 1. The van der Waals surface area contributed by atoms with Crippen LogP contribution in [0.4, 0.5) is 0 Å². The summed E-state index contributed by atoms with van der Waals surface area (Å²) in [6.07, 6.45) is 7.39. The quantitative estimate of drug-likeness (QED) is 0.545. The van der Waals surface area contributed by atoms with Crippen LogP contribution in [0, 0.1) is 13.8 Å². The molecular weight excluding hydrogens is 134 g/mol. The first kappa shape index (κ1) is 6.59. The molecule has 0 saturated heterocycles. The van der Waals surface area contributed by atoms with Gasteiger partial charge in [0, 0.05) is 11.9 Å². The van der Waals surface area contributed by atoms with Gasteiger partial charge in [0.2, 0.25) is 0 Å². The molecule has 2 rings (SSSR count). The van der Waals surface area contributed by atoms with Crippen LogP contribution in [0.1, 0.15) is 22.4 Å². The van der Waals surface area contributed by atoms with Crippen molar-refractivity contribution in [1.82, 2.24) is 4.98 Å². The van der Waals surface area contributed by atoms with Crippen molar-refractivity contribution in [3.63, 3.8) is 0 Å². The van der Waals surface area contributed by atoms with Crippen molar-refractivity contribution >= 4 is 6.08 Å². The molecule has 1 aliphatic carbocycles. The van der Waals surface area contributed by atoms with E-state index >= 15 is 0 Å². The molecule has 1 heteroatoms. The van der Waals surface area contributed by atoms with Crippen LogP contribution in [0.2, 0.25) is 0 Å². The summed E-state index contributed by atoms with van der Waals surface area (Å²) in [6.45, 7) is 4.21. The molecule has 1 aromatic heterocycles. The normalized spacial score (nSPS) is 13.6. The van der Waals surface area contributed by atoms with Crippen molar-refractivity contribution in [1.29, 1.82) is 0 Å². The zero-order valence-corrected chi connectivity index (χ0v) is 6.89. The topological polar surface area (TPSA) is 12.9 Å². The molecule has 1 heterocycles. The first-order valence-electron chi connectivity index (χ1n) is 3.90. The number of allylic oxidation sites excluding steroid dienone is 1. The molecule has 0 spiro atoms. The number of pyridine rings is 1. The van der Waals surface area contributed by atoms with Crippen LogP contribution in [0.5, 0.6) is 0 Å². The molecule has 0 amide bonds. The fourth-order valence-corrected chi connectivity index (χ4v) is 1.49. The zero-order valence-electron chi connectivity index (χ0n) is 6.89. The molecule has 1 aliphatic rings. The largest absolute Gasteiger partial charge is 0.261 e. The van der Waals surface area contributed by atoms with E-state index in [1.54, 1.807) is 0 Å². The van der Waals surface area contributed by atoms with Crippen molar-refractivity contribution in [2.24, 2.45) is 0 Å². The number of fused-ring (bicyclic) bond motifs is 1. The highest BCUT2D eigenvalue weighted by Gasteiger charge is 2.09. The van der Waals surface area contributed by atoms with Crippen molar-refractivity contribution in [3.8, 4) is 0 Å². The fraction of sp³-hybridized carbons (Fsp3) is 0.300. The van der Waals surface area contributed by atoms with Gasteiger partial charge in [0.15, 0.2) is 0 Å². The van der Waals surface area contributed by atoms with E-state index in [9.17, 15) is 0 Å². The third-order valence-electron chi connectivity index (χ3n) is 2.36. The molecule has 0 N–H and O–H groups in total. The summed E-state index contributed by atoms with van der Waals surface area (Å²) in [5.74, 6) is 0. The monoisotopic (exact) mass is 145 g/mol. The summed E-state index contributed by atoms with van der Waals surface area (Å²) >= 11 is 0. The van der Waals surface area contributed by atoms with Crippen LogP contribution < -0.4 is 0 Å². The first-order chi connectivity index (χ1) is 5.29. The zero-order chi connectivity index (χ0) is 7.84. The number of aromatic nitrogens is 1. The maximum absolute atomic E-state index is 4.30. The Morgan fingerprint density at radius 3 is 3.00 bits per heavy atom. The predicted octanol–water partition coefficient (Wildman–Crippen LogP) is 2.27. The van der Waals surface area contributed by atoms with Crippen molar-refractivity contribution < 1.29 is 0 Å². The lowest BCUT2D eigenvalue weighted by Gasteiger charge is -2.05. The van der Waals surface area contributed by atoms with Crippen LogP contribution in [-0.4, -0.2) is 4.98 Å². The van der Waals surface area contributed by atoms with Gasteiger partial charge in [0.05, 0.1) is 0 Å². The Morgan fingerprint density at radius 1 is 1.36 bits per heavy atom. The van der Waals surface area contributed by atoms with Crippen molar-refractivity contribution in [3.05, 3.63) is 34.7 Å². The summed E-state index contributed by atoms with van der Waals surface area (Å²) in [6, 6.07) is 0. The molecule has 1 nitrogen and oxygen atoms in total. The van der Waals surface area contributed by atoms with E-state index in [4.69, 9.17) is 0 Å². The predicted molar refractivity (Wildman–Crippen MR) is 46.4 cm³/mol. The van der Waals surface area contributed by atoms with Crippen LogP contribution in [0.25, 0.3) is 6.08 Å². The summed E-state index contributed by atoms with van der Waals surface area (Å²) < 4.78 is 0. The first-order valence-corrected chi connectivity index (χ1v) is 3.90. The van der Waals surface area contributed by atoms with Crippen LogP contribution in [0.3, 0.4) is 0 Å². The van der Waals surface area contributed by atoms with Gasteiger partial charge in [-0.05, 0) is 37.0 Å². The van der Waals surface area contributed by atoms with E-state index < -0.39 is 0 Å². The Balaban J connectivity index is 2.67. The Morgan fingerprint density at radius 2 is 2.18 bits per heavy atom. The minimum atomic E-state index is 1.09. The summed E-state index contributed by atoms with van der Waals surface area (Å²) in [4.78, 5) is 4.30. The molecule has 0 bridgehead atoms. The van der Waals surface area contributed by atoms with Gasteiger partial charge in [0.1, 0.15) is 0 Å². The summed E-state index contributed by atoms with van der Waals surface area (Å²) in [7, 11) is 0. The molecule has 0 fully saturated rings. The molecule has 0 atom stereocenters. The maximum atomic E-state index is 4.30. The van der Waals surface area contributed by atoms with Gasteiger partial charge >= 0.3 is 0 Å². The molecule has 0 unspecified atom stereocenters. The smallest absolute Gasteiger partial charge is 0.0405 e. The van der Waals surface area contributed by atoms with Gasteiger partial charge in [0.25, 0.3) is 0 Å². The van der Waals surface area contributed by atoms with E-state index in [-0.39, 0.29) is 0 Å². The highest BCUT2D eigenvalue weighted by molar-refractivity contribution is 5.61. The third kappa shape index (κ3) is 0.881. The van der Waals surface area contributed by atoms with Crippen LogP contribution >= 0.6 is 0 Å². The molecule has 11 heavy (non-hydrogen) atoms. The fourth-order valence-electron chi connectivity index (χ4n) is 1.49. The molecular formula is C10H11N. The van der Waals surface area contributed by atoms with Gasteiger partial charge in [-0.2, -0.15) is 0 Å². The van der Waals surface area contributed by atoms with Crippen molar-refractivity contribution in [2.75, 3.05) is 0 Å². The van der Waals surface area contributed by atoms with E-state index in [1.165, 1.54) is 16.7 Å². The standard InChI is InChI=1S/C10H11N/c1-7-8(2)11-6-9-4-3-5-10(7)9/h3-4,6H,5H2,1-2H3. The Kier molecular flexibility index (Phi) is 1.31. The van der Waals surface area contributed by atoms with E-state index in [1.807, 2.05) is 6.20 Å². The Hall–Kier alpha value is -1.11. The lowest BCUT2D eigenvalue weighted by atomic mass is 10.0. The maximum Gasteiger partial charge on any atom is 0.0405 e. The molecule has 1 aromatic rings. The second kappa shape index (κ2) is 2.19. The molecule has 0 aromatic carbocycles. The number of hydrogen-bond acceptors (Lipinski definition) is 1. The Bertz CT molecular complexity index is 324. The molecule has 0 radical (unpaired) electrons. The summed E-state index contributed by atoms with van der Waals surface area (Å²) in [5.41, 5.74) is 5.27. The second-order valence-electron chi connectivity index (χ2n) is 3.01. The lowest BCUT2D eigenvalue weighted by Crippen LogP contribution is -1.93.